The lowest BCUT2D eigenvalue weighted by Gasteiger charge is -2.41. The third kappa shape index (κ3) is 3.62. The van der Waals surface area contributed by atoms with Gasteiger partial charge in [-0.25, -0.2) is 0 Å². The highest BCUT2D eigenvalue weighted by Crippen LogP contribution is 2.25. The number of hydrogen-bond acceptors (Lipinski definition) is 5. The Bertz CT molecular complexity index is 785. The van der Waals surface area contributed by atoms with E-state index in [2.05, 4.69) is 4.98 Å². The molecule has 2 amide bonds. The van der Waals surface area contributed by atoms with E-state index in [-0.39, 0.29) is 25.5 Å². The Morgan fingerprint density at radius 1 is 1.36 bits per heavy atom. The highest BCUT2D eigenvalue weighted by molar-refractivity contribution is 6.05. The Hall–Kier alpha value is -2.51. The van der Waals surface area contributed by atoms with Gasteiger partial charge in [0.15, 0.2) is 0 Å². The smallest absolute Gasteiger partial charge is 0.273 e. The number of hydrogen-bond donors (Lipinski definition) is 1. The third-order valence-electron chi connectivity index (χ3n) is 4.32. The molecule has 3 rings (SSSR count). The summed E-state index contributed by atoms with van der Waals surface area (Å²) >= 11 is 0. The zero-order chi connectivity index (χ0) is 17.9. The standard InChI is InChI=1S/C18H21N3O4/c1-24-12-18(10-15(19)22)11-21(8-9-25-18)17(23)16-14-5-3-2-4-13(14)6-7-20-16/h2-7H,8-12H2,1H3,(H2,19,22)/t18-/m1/s1. The second kappa shape index (κ2) is 7.16. The van der Waals surface area contributed by atoms with Crippen molar-refractivity contribution in [3.8, 4) is 0 Å². The van der Waals surface area contributed by atoms with Crippen LogP contribution in [-0.2, 0) is 14.3 Å². The lowest BCUT2D eigenvalue weighted by atomic mass is 9.97. The van der Waals surface area contributed by atoms with Crippen molar-refractivity contribution in [2.24, 2.45) is 5.73 Å². The lowest BCUT2D eigenvalue weighted by Crippen LogP contribution is -2.57. The van der Waals surface area contributed by atoms with Gasteiger partial charge in [0.05, 0.1) is 26.2 Å². The molecular formula is C18H21N3O4. The van der Waals surface area contributed by atoms with Crippen molar-refractivity contribution < 1.29 is 19.1 Å². The maximum Gasteiger partial charge on any atom is 0.273 e. The first-order valence-corrected chi connectivity index (χ1v) is 8.09. The van der Waals surface area contributed by atoms with Crippen LogP contribution in [0.15, 0.2) is 36.5 Å². The molecule has 1 aromatic heterocycles. The number of primary amides is 1. The number of carbonyl (C=O) groups is 2. The van der Waals surface area contributed by atoms with Gasteiger partial charge in [-0.15, -0.1) is 0 Å². The Kier molecular flexibility index (Phi) is 4.96. The predicted octanol–water partition coefficient (Wildman–Crippen LogP) is 0.968. The lowest BCUT2D eigenvalue weighted by molar-refractivity contribution is -0.148. The fourth-order valence-electron chi connectivity index (χ4n) is 3.28. The van der Waals surface area contributed by atoms with Crippen LogP contribution in [0.25, 0.3) is 10.8 Å². The van der Waals surface area contributed by atoms with Gasteiger partial charge in [0, 0.05) is 25.2 Å². The van der Waals surface area contributed by atoms with Crippen LogP contribution in [0.5, 0.6) is 0 Å². The van der Waals surface area contributed by atoms with Gasteiger partial charge in [0.2, 0.25) is 5.91 Å². The summed E-state index contributed by atoms with van der Waals surface area (Å²) < 4.78 is 11.0. The summed E-state index contributed by atoms with van der Waals surface area (Å²) in [5, 5.41) is 1.75. The van der Waals surface area contributed by atoms with E-state index in [0.717, 1.165) is 10.8 Å². The highest BCUT2D eigenvalue weighted by Gasteiger charge is 2.40. The van der Waals surface area contributed by atoms with Gasteiger partial charge in [-0.1, -0.05) is 24.3 Å². The van der Waals surface area contributed by atoms with E-state index < -0.39 is 11.5 Å². The minimum atomic E-state index is -0.918. The molecule has 0 saturated carbocycles. The number of rotatable bonds is 5. The molecule has 132 valence electrons. The van der Waals surface area contributed by atoms with E-state index in [1.165, 1.54) is 7.11 Å². The fraction of sp³-hybridized carbons (Fsp3) is 0.389. The number of ether oxygens (including phenoxy) is 2. The second-order valence-electron chi connectivity index (χ2n) is 6.21. The minimum Gasteiger partial charge on any atom is -0.382 e. The highest BCUT2D eigenvalue weighted by atomic mass is 16.5. The molecule has 7 nitrogen and oxygen atoms in total. The summed E-state index contributed by atoms with van der Waals surface area (Å²) in [6.45, 7) is 1.15. The minimum absolute atomic E-state index is 0.00636. The molecule has 2 aromatic rings. The first kappa shape index (κ1) is 17.3. The number of nitrogens with zero attached hydrogens (tertiary/aromatic N) is 2. The summed E-state index contributed by atoms with van der Waals surface area (Å²) in [6, 6.07) is 9.48. The topological polar surface area (TPSA) is 94.8 Å². The molecule has 2 heterocycles. The normalized spacial score (nSPS) is 20.6. The Balaban J connectivity index is 1.89. The Morgan fingerprint density at radius 2 is 2.16 bits per heavy atom. The molecule has 0 aliphatic carbocycles. The Morgan fingerprint density at radius 3 is 2.92 bits per heavy atom. The molecule has 1 atom stereocenters. The number of aromatic nitrogens is 1. The van der Waals surface area contributed by atoms with Crippen LogP contribution in [0.3, 0.4) is 0 Å². The summed E-state index contributed by atoms with van der Waals surface area (Å²) in [6.07, 6.45) is 1.62. The molecule has 0 radical (unpaired) electrons. The van der Waals surface area contributed by atoms with Crippen molar-refractivity contribution in [1.29, 1.82) is 0 Å². The molecule has 0 unspecified atom stereocenters. The maximum atomic E-state index is 13.0. The average Bonchev–Trinajstić information content (AvgIpc) is 2.60. The maximum absolute atomic E-state index is 13.0. The summed E-state index contributed by atoms with van der Waals surface area (Å²) in [7, 11) is 1.53. The van der Waals surface area contributed by atoms with Crippen molar-refractivity contribution in [2.75, 3.05) is 33.4 Å². The van der Waals surface area contributed by atoms with Crippen molar-refractivity contribution >= 4 is 22.6 Å². The molecule has 1 fully saturated rings. The second-order valence-corrected chi connectivity index (χ2v) is 6.21. The van der Waals surface area contributed by atoms with Crippen LogP contribution in [0, 0.1) is 0 Å². The molecule has 7 heteroatoms. The van der Waals surface area contributed by atoms with Crippen LogP contribution in [0.1, 0.15) is 16.9 Å². The van der Waals surface area contributed by atoms with E-state index >= 15 is 0 Å². The molecule has 1 aliphatic rings. The van der Waals surface area contributed by atoms with Gasteiger partial charge in [0.1, 0.15) is 11.3 Å². The summed E-state index contributed by atoms with van der Waals surface area (Å²) in [5.74, 6) is -0.681. The number of morpholine rings is 1. The number of methoxy groups -OCH3 is 1. The van der Waals surface area contributed by atoms with Crippen molar-refractivity contribution in [2.45, 2.75) is 12.0 Å². The van der Waals surface area contributed by atoms with Crippen LogP contribution < -0.4 is 5.73 Å². The number of benzene rings is 1. The van der Waals surface area contributed by atoms with Gasteiger partial charge in [-0.2, -0.15) is 0 Å². The molecule has 0 spiro atoms. The van der Waals surface area contributed by atoms with Crippen molar-refractivity contribution in [3.63, 3.8) is 0 Å². The molecule has 25 heavy (non-hydrogen) atoms. The van der Waals surface area contributed by atoms with Crippen molar-refractivity contribution in [3.05, 3.63) is 42.2 Å². The van der Waals surface area contributed by atoms with E-state index in [1.54, 1.807) is 11.1 Å². The summed E-state index contributed by atoms with van der Waals surface area (Å²) in [5.41, 5.74) is 4.83. The number of nitrogens with two attached hydrogens (primary N) is 1. The zero-order valence-corrected chi connectivity index (χ0v) is 14.1. The van der Waals surface area contributed by atoms with Crippen LogP contribution in [0.2, 0.25) is 0 Å². The van der Waals surface area contributed by atoms with Crippen molar-refractivity contribution in [1.82, 2.24) is 9.88 Å². The van der Waals surface area contributed by atoms with Crippen LogP contribution in [0.4, 0.5) is 0 Å². The first-order chi connectivity index (χ1) is 12.0. The number of pyridine rings is 1. The number of fused-ring (bicyclic) bond motifs is 1. The summed E-state index contributed by atoms with van der Waals surface area (Å²) in [4.78, 5) is 30.4. The van der Waals surface area contributed by atoms with Gasteiger partial charge in [-0.3, -0.25) is 14.6 Å². The van der Waals surface area contributed by atoms with E-state index in [0.29, 0.717) is 18.8 Å². The fourth-order valence-corrected chi connectivity index (χ4v) is 3.28. The molecule has 1 aliphatic heterocycles. The predicted molar refractivity (Wildman–Crippen MR) is 92.0 cm³/mol. The van der Waals surface area contributed by atoms with E-state index in [4.69, 9.17) is 15.2 Å². The first-order valence-electron chi connectivity index (χ1n) is 8.09. The molecule has 0 bridgehead atoms. The van der Waals surface area contributed by atoms with Gasteiger partial charge in [-0.05, 0) is 11.5 Å². The largest absolute Gasteiger partial charge is 0.382 e. The van der Waals surface area contributed by atoms with E-state index in [1.807, 2.05) is 30.3 Å². The number of amides is 2. The molecule has 1 aromatic carbocycles. The molecule has 1 saturated heterocycles. The monoisotopic (exact) mass is 343 g/mol. The van der Waals surface area contributed by atoms with Crippen LogP contribution >= 0.6 is 0 Å². The van der Waals surface area contributed by atoms with Crippen LogP contribution in [-0.4, -0.2) is 60.7 Å². The SMILES string of the molecule is COC[C@@]1(CC(N)=O)CN(C(=O)c2nccc3ccccc23)CCO1. The van der Waals surface area contributed by atoms with Gasteiger partial charge >= 0.3 is 0 Å². The third-order valence-corrected chi connectivity index (χ3v) is 4.32. The average molecular weight is 343 g/mol. The van der Waals surface area contributed by atoms with Gasteiger partial charge < -0.3 is 20.1 Å². The zero-order valence-electron chi connectivity index (χ0n) is 14.1. The van der Waals surface area contributed by atoms with Gasteiger partial charge in [0.25, 0.3) is 5.91 Å². The number of carbonyl (C=O) groups excluding carboxylic acids is 2. The Labute approximate surface area is 145 Å². The molecule has 2 N–H and O–H groups in total. The molecular weight excluding hydrogens is 322 g/mol. The van der Waals surface area contributed by atoms with E-state index in [9.17, 15) is 9.59 Å². The quantitative estimate of drug-likeness (QED) is 0.873.